The molecule has 4 rings (SSSR count). The van der Waals surface area contributed by atoms with Gasteiger partial charge in [-0.25, -0.2) is 15.0 Å². The van der Waals surface area contributed by atoms with Crippen LogP contribution in [0.15, 0.2) is 42.9 Å². The third-order valence-electron chi connectivity index (χ3n) is 5.97. The van der Waals surface area contributed by atoms with E-state index in [4.69, 9.17) is 4.74 Å². The number of hydrogen-bond acceptors (Lipinski definition) is 9. The SMILES string of the molecule is COCCNc1ncc(-c2ccnc(Nc3ccc(CC4CCN(C)CC4)nc3)n2)cc1C#N. The maximum absolute atomic E-state index is 9.52. The number of rotatable bonds is 9. The Bertz CT molecular complexity index is 1120. The van der Waals surface area contributed by atoms with Gasteiger partial charge in [0.1, 0.15) is 11.9 Å². The number of pyridine rings is 2. The Morgan fingerprint density at radius 1 is 1.15 bits per heavy atom. The van der Waals surface area contributed by atoms with Crippen molar-refractivity contribution in [2.45, 2.75) is 19.3 Å². The van der Waals surface area contributed by atoms with Crippen LogP contribution in [0.2, 0.25) is 0 Å². The molecular formula is C25H30N8O. The average molecular weight is 459 g/mol. The summed E-state index contributed by atoms with van der Waals surface area (Å²) in [6.07, 6.45) is 8.68. The molecule has 3 aromatic heterocycles. The van der Waals surface area contributed by atoms with Crippen LogP contribution in [0.1, 0.15) is 24.1 Å². The first-order valence-corrected chi connectivity index (χ1v) is 11.5. The highest BCUT2D eigenvalue weighted by Gasteiger charge is 2.17. The zero-order valence-electron chi connectivity index (χ0n) is 19.7. The van der Waals surface area contributed by atoms with Crippen LogP contribution in [0.25, 0.3) is 11.3 Å². The number of ether oxygens (including phenoxy) is 1. The predicted octanol–water partition coefficient (Wildman–Crippen LogP) is 3.49. The molecule has 9 nitrogen and oxygen atoms in total. The number of hydrogen-bond donors (Lipinski definition) is 2. The van der Waals surface area contributed by atoms with Gasteiger partial charge in [-0.2, -0.15) is 5.26 Å². The van der Waals surface area contributed by atoms with E-state index in [1.54, 1.807) is 31.6 Å². The van der Waals surface area contributed by atoms with E-state index in [1.807, 2.05) is 12.3 Å². The zero-order valence-corrected chi connectivity index (χ0v) is 19.7. The summed E-state index contributed by atoms with van der Waals surface area (Å²) in [5, 5.41) is 15.8. The van der Waals surface area contributed by atoms with Crippen molar-refractivity contribution in [3.63, 3.8) is 0 Å². The lowest BCUT2D eigenvalue weighted by atomic mass is 9.92. The normalized spacial score (nSPS) is 14.5. The molecule has 0 aromatic carbocycles. The summed E-state index contributed by atoms with van der Waals surface area (Å²) in [5.41, 5.74) is 3.82. The maximum atomic E-state index is 9.52. The number of nitrogens with one attached hydrogen (secondary N) is 2. The minimum Gasteiger partial charge on any atom is -0.383 e. The highest BCUT2D eigenvalue weighted by Crippen LogP contribution is 2.24. The summed E-state index contributed by atoms with van der Waals surface area (Å²) in [7, 11) is 3.81. The number of anilines is 3. The van der Waals surface area contributed by atoms with Crippen molar-refractivity contribution in [2.75, 3.05) is 51.0 Å². The minimum absolute atomic E-state index is 0.450. The van der Waals surface area contributed by atoms with Crippen LogP contribution < -0.4 is 10.6 Å². The Morgan fingerprint density at radius 2 is 2.00 bits per heavy atom. The number of likely N-dealkylation sites (tertiary alicyclic amines) is 1. The van der Waals surface area contributed by atoms with Gasteiger partial charge >= 0.3 is 0 Å². The van der Waals surface area contributed by atoms with Crippen molar-refractivity contribution in [2.24, 2.45) is 5.92 Å². The molecule has 2 N–H and O–H groups in total. The van der Waals surface area contributed by atoms with E-state index >= 15 is 0 Å². The number of nitrogens with zero attached hydrogens (tertiary/aromatic N) is 6. The van der Waals surface area contributed by atoms with Gasteiger partial charge in [-0.15, -0.1) is 0 Å². The number of aromatic nitrogens is 4. The molecule has 1 aliphatic heterocycles. The zero-order chi connectivity index (χ0) is 23.8. The topological polar surface area (TPSA) is 112 Å². The fraction of sp³-hybridized carbons (Fsp3) is 0.400. The van der Waals surface area contributed by atoms with Gasteiger partial charge in [-0.3, -0.25) is 4.98 Å². The van der Waals surface area contributed by atoms with Crippen LogP contribution >= 0.6 is 0 Å². The Balaban J connectivity index is 1.41. The van der Waals surface area contributed by atoms with Crippen molar-refractivity contribution >= 4 is 17.5 Å². The molecule has 1 saturated heterocycles. The summed E-state index contributed by atoms with van der Waals surface area (Å²) in [5.74, 6) is 1.70. The third kappa shape index (κ3) is 6.25. The Morgan fingerprint density at radius 3 is 2.74 bits per heavy atom. The Kier molecular flexibility index (Phi) is 7.96. The van der Waals surface area contributed by atoms with Gasteiger partial charge in [-0.05, 0) is 69.6 Å². The fourth-order valence-electron chi connectivity index (χ4n) is 3.99. The molecule has 0 aliphatic carbocycles. The lowest BCUT2D eigenvalue weighted by Crippen LogP contribution is -2.31. The molecule has 4 heterocycles. The smallest absolute Gasteiger partial charge is 0.227 e. The lowest BCUT2D eigenvalue weighted by molar-refractivity contribution is 0.210. The first-order chi connectivity index (χ1) is 16.6. The highest BCUT2D eigenvalue weighted by atomic mass is 16.5. The van der Waals surface area contributed by atoms with Crippen LogP contribution in [0.3, 0.4) is 0 Å². The molecule has 0 spiro atoms. The molecule has 0 bridgehead atoms. The van der Waals surface area contributed by atoms with E-state index in [2.05, 4.69) is 54.7 Å². The average Bonchev–Trinajstić information content (AvgIpc) is 2.87. The molecule has 0 unspecified atom stereocenters. The molecule has 0 amide bonds. The van der Waals surface area contributed by atoms with E-state index < -0.39 is 0 Å². The number of methoxy groups -OCH3 is 1. The molecule has 1 aliphatic rings. The van der Waals surface area contributed by atoms with Gasteiger partial charge in [0.25, 0.3) is 0 Å². The molecule has 0 saturated carbocycles. The molecule has 1 fully saturated rings. The summed E-state index contributed by atoms with van der Waals surface area (Å²) >= 11 is 0. The largest absolute Gasteiger partial charge is 0.383 e. The van der Waals surface area contributed by atoms with Gasteiger partial charge in [0.15, 0.2) is 0 Å². The third-order valence-corrected chi connectivity index (χ3v) is 5.97. The Hall–Kier alpha value is -3.61. The molecule has 3 aromatic rings. The summed E-state index contributed by atoms with van der Waals surface area (Å²) in [6, 6.07) is 9.84. The van der Waals surface area contributed by atoms with E-state index in [1.165, 1.54) is 12.8 Å². The molecule has 34 heavy (non-hydrogen) atoms. The quantitative estimate of drug-likeness (QED) is 0.465. The Labute approximate surface area is 200 Å². The van der Waals surface area contributed by atoms with Crippen LogP contribution in [0.4, 0.5) is 17.5 Å². The van der Waals surface area contributed by atoms with Crippen molar-refractivity contribution in [3.05, 3.63) is 54.1 Å². The van der Waals surface area contributed by atoms with E-state index in [0.717, 1.165) is 36.5 Å². The van der Waals surface area contributed by atoms with E-state index in [-0.39, 0.29) is 0 Å². The fourth-order valence-corrected chi connectivity index (χ4v) is 3.99. The summed E-state index contributed by atoms with van der Waals surface area (Å²) in [6.45, 7) is 3.43. The first kappa shape index (κ1) is 23.5. The van der Waals surface area contributed by atoms with Crippen LogP contribution in [0, 0.1) is 17.2 Å². The second kappa shape index (κ2) is 11.5. The maximum Gasteiger partial charge on any atom is 0.227 e. The minimum atomic E-state index is 0.450. The van der Waals surface area contributed by atoms with Gasteiger partial charge in [-0.1, -0.05) is 0 Å². The monoisotopic (exact) mass is 458 g/mol. The van der Waals surface area contributed by atoms with Crippen molar-refractivity contribution in [1.82, 2.24) is 24.8 Å². The van der Waals surface area contributed by atoms with Crippen molar-refractivity contribution < 1.29 is 4.74 Å². The highest BCUT2D eigenvalue weighted by molar-refractivity contribution is 5.66. The molecule has 0 radical (unpaired) electrons. The van der Waals surface area contributed by atoms with E-state index in [9.17, 15) is 5.26 Å². The molecule has 0 atom stereocenters. The molecule has 176 valence electrons. The second-order valence-corrected chi connectivity index (χ2v) is 8.53. The van der Waals surface area contributed by atoms with Gasteiger partial charge < -0.3 is 20.3 Å². The second-order valence-electron chi connectivity index (χ2n) is 8.53. The van der Waals surface area contributed by atoms with E-state index in [0.29, 0.717) is 42.1 Å². The van der Waals surface area contributed by atoms with Crippen molar-refractivity contribution in [1.29, 1.82) is 5.26 Å². The standard InChI is InChI=1S/C25H30N8O/c1-33-10-6-18(7-11-33)13-21-3-4-22(17-29-21)31-25-28-8-5-23(32-25)20-14-19(15-26)24(30-16-20)27-9-12-34-2/h3-5,8,14,16-18H,6-7,9-13H2,1-2H3,(H,27,30)(H,28,31,32). The predicted molar refractivity (Wildman–Crippen MR) is 132 cm³/mol. The number of piperidine rings is 1. The summed E-state index contributed by atoms with van der Waals surface area (Å²) in [4.78, 5) is 20.3. The van der Waals surface area contributed by atoms with Gasteiger partial charge in [0.2, 0.25) is 5.95 Å². The molecular weight excluding hydrogens is 428 g/mol. The van der Waals surface area contributed by atoms with Crippen LogP contribution in [-0.4, -0.2) is 65.2 Å². The number of nitriles is 1. The van der Waals surface area contributed by atoms with Gasteiger partial charge in [0, 0.05) is 37.3 Å². The summed E-state index contributed by atoms with van der Waals surface area (Å²) < 4.78 is 5.03. The molecule has 9 heteroatoms. The van der Waals surface area contributed by atoms with Crippen LogP contribution in [-0.2, 0) is 11.2 Å². The lowest BCUT2D eigenvalue weighted by Gasteiger charge is -2.28. The van der Waals surface area contributed by atoms with Gasteiger partial charge in [0.05, 0.1) is 29.7 Å². The van der Waals surface area contributed by atoms with Crippen LogP contribution in [0.5, 0.6) is 0 Å². The first-order valence-electron chi connectivity index (χ1n) is 11.5. The van der Waals surface area contributed by atoms with Crippen molar-refractivity contribution in [3.8, 4) is 17.3 Å².